The van der Waals surface area contributed by atoms with E-state index >= 15 is 0 Å². The van der Waals surface area contributed by atoms with Crippen LogP contribution in [-0.2, 0) is 22.4 Å². The molecule has 4 nitrogen and oxygen atoms in total. The molecule has 0 spiro atoms. The van der Waals surface area contributed by atoms with Gasteiger partial charge in [-0.15, -0.1) is 0 Å². The van der Waals surface area contributed by atoms with Crippen LogP contribution in [0, 0.1) is 0 Å². The fourth-order valence-electron chi connectivity index (χ4n) is 2.83. The number of likely N-dealkylation sites (N-methyl/N-ethyl adjacent to an activating group) is 1. The van der Waals surface area contributed by atoms with E-state index in [0.29, 0.717) is 15.7 Å². The maximum atomic E-state index is 12.5. The standard InChI is InChI=1S/C23H20Cl2N2O2/c1-27(19-5-3-2-4-6-19)23(29)15-16-7-10-18(11-8-16)26-22(28)14-17-9-12-20(24)21(25)13-17/h2-13H,14-15H2,1H3,(H,26,28). The van der Waals surface area contributed by atoms with Crippen molar-refractivity contribution in [3.8, 4) is 0 Å². The summed E-state index contributed by atoms with van der Waals surface area (Å²) in [6.07, 6.45) is 0.474. The van der Waals surface area contributed by atoms with Crippen LogP contribution in [0.4, 0.5) is 11.4 Å². The highest BCUT2D eigenvalue weighted by Crippen LogP contribution is 2.23. The predicted molar refractivity (Wildman–Crippen MR) is 119 cm³/mol. The van der Waals surface area contributed by atoms with Crippen LogP contribution in [0.15, 0.2) is 72.8 Å². The summed E-state index contributed by atoms with van der Waals surface area (Å²) in [4.78, 5) is 26.3. The molecule has 1 N–H and O–H groups in total. The smallest absolute Gasteiger partial charge is 0.231 e. The molecule has 0 unspecified atom stereocenters. The molecule has 29 heavy (non-hydrogen) atoms. The van der Waals surface area contributed by atoms with Crippen LogP contribution < -0.4 is 10.2 Å². The van der Waals surface area contributed by atoms with Crippen LogP contribution in [0.3, 0.4) is 0 Å². The van der Waals surface area contributed by atoms with E-state index in [-0.39, 0.29) is 24.7 Å². The van der Waals surface area contributed by atoms with Crippen molar-refractivity contribution in [3.05, 3.63) is 94.0 Å². The molecule has 0 aliphatic carbocycles. The molecule has 0 bridgehead atoms. The van der Waals surface area contributed by atoms with Gasteiger partial charge in [0.2, 0.25) is 11.8 Å². The molecule has 2 amide bonds. The van der Waals surface area contributed by atoms with Gasteiger partial charge in [-0.05, 0) is 47.5 Å². The quantitative estimate of drug-likeness (QED) is 0.574. The topological polar surface area (TPSA) is 49.4 Å². The van der Waals surface area contributed by atoms with Gasteiger partial charge in [0.15, 0.2) is 0 Å². The second kappa shape index (κ2) is 9.59. The molecule has 6 heteroatoms. The van der Waals surface area contributed by atoms with Crippen molar-refractivity contribution in [2.75, 3.05) is 17.3 Å². The highest BCUT2D eigenvalue weighted by atomic mass is 35.5. The third-order valence-electron chi connectivity index (χ3n) is 4.46. The lowest BCUT2D eigenvalue weighted by Gasteiger charge is -2.17. The van der Waals surface area contributed by atoms with Gasteiger partial charge in [-0.2, -0.15) is 0 Å². The lowest BCUT2D eigenvalue weighted by atomic mass is 10.1. The number of nitrogens with one attached hydrogen (secondary N) is 1. The highest BCUT2D eigenvalue weighted by Gasteiger charge is 2.12. The van der Waals surface area contributed by atoms with Crippen LogP contribution in [0.2, 0.25) is 10.0 Å². The van der Waals surface area contributed by atoms with Gasteiger partial charge in [0.05, 0.1) is 22.9 Å². The number of carbonyl (C=O) groups is 2. The molecule has 0 aliphatic rings. The van der Waals surface area contributed by atoms with Gasteiger partial charge in [-0.1, -0.05) is 59.6 Å². The Hall–Kier alpha value is -2.82. The summed E-state index contributed by atoms with van der Waals surface area (Å²) in [6.45, 7) is 0. The molecular formula is C23H20Cl2N2O2. The predicted octanol–water partition coefficient (Wildman–Crippen LogP) is 5.38. The van der Waals surface area contributed by atoms with Crippen LogP contribution in [0.1, 0.15) is 11.1 Å². The summed E-state index contributed by atoms with van der Waals surface area (Å²) in [7, 11) is 1.76. The van der Waals surface area contributed by atoms with E-state index in [1.54, 1.807) is 42.3 Å². The Labute approximate surface area is 180 Å². The number of anilines is 2. The van der Waals surface area contributed by atoms with E-state index in [1.807, 2.05) is 42.5 Å². The fourth-order valence-corrected chi connectivity index (χ4v) is 3.16. The number of hydrogen-bond donors (Lipinski definition) is 1. The molecule has 0 atom stereocenters. The number of carbonyl (C=O) groups excluding carboxylic acids is 2. The zero-order valence-corrected chi connectivity index (χ0v) is 17.4. The summed E-state index contributed by atoms with van der Waals surface area (Å²) in [6, 6.07) is 21.9. The normalized spacial score (nSPS) is 10.4. The van der Waals surface area contributed by atoms with Crippen molar-refractivity contribution in [2.45, 2.75) is 12.8 Å². The summed E-state index contributed by atoms with van der Waals surface area (Å²) in [5.74, 6) is -0.163. The third-order valence-corrected chi connectivity index (χ3v) is 5.20. The first-order chi connectivity index (χ1) is 13.9. The van der Waals surface area contributed by atoms with Gasteiger partial charge < -0.3 is 10.2 Å². The summed E-state index contributed by atoms with van der Waals surface area (Å²) >= 11 is 11.9. The average Bonchev–Trinajstić information content (AvgIpc) is 2.72. The zero-order valence-electron chi connectivity index (χ0n) is 15.9. The molecule has 0 heterocycles. The molecule has 0 aliphatic heterocycles. The number of benzene rings is 3. The van der Waals surface area contributed by atoms with Crippen molar-refractivity contribution in [2.24, 2.45) is 0 Å². The number of amides is 2. The maximum Gasteiger partial charge on any atom is 0.231 e. The summed E-state index contributed by atoms with van der Waals surface area (Å²) in [5, 5.41) is 3.72. The fraction of sp³-hybridized carbons (Fsp3) is 0.130. The molecule has 3 rings (SSSR count). The van der Waals surface area contributed by atoms with Gasteiger partial charge in [-0.3, -0.25) is 9.59 Å². The first kappa shape index (κ1) is 20.9. The minimum atomic E-state index is -0.156. The number of hydrogen-bond acceptors (Lipinski definition) is 2. The van der Waals surface area contributed by atoms with Crippen molar-refractivity contribution >= 4 is 46.4 Å². The van der Waals surface area contributed by atoms with E-state index in [4.69, 9.17) is 23.2 Å². The Morgan fingerprint density at radius 1 is 0.828 bits per heavy atom. The Balaban J connectivity index is 1.56. The highest BCUT2D eigenvalue weighted by molar-refractivity contribution is 6.42. The van der Waals surface area contributed by atoms with E-state index in [2.05, 4.69) is 5.32 Å². The second-order valence-electron chi connectivity index (χ2n) is 6.64. The second-order valence-corrected chi connectivity index (χ2v) is 7.45. The lowest BCUT2D eigenvalue weighted by molar-refractivity contribution is -0.118. The van der Waals surface area contributed by atoms with Crippen molar-refractivity contribution < 1.29 is 9.59 Å². The minimum Gasteiger partial charge on any atom is -0.326 e. The van der Waals surface area contributed by atoms with Crippen LogP contribution in [0.5, 0.6) is 0 Å². The van der Waals surface area contributed by atoms with Crippen LogP contribution >= 0.6 is 23.2 Å². The summed E-state index contributed by atoms with van der Waals surface area (Å²) < 4.78 is 0. The van der Waals surface area contributed by atoms with Gasteiger partial charge in [-0.25, -0.2) is 0 Å². The van der Waals surface area contributed by atoms with E-state index < -0.39 is 0 Å². The Bertz CT molecular complexity index is 1010. The first-order valence-corrected chi connectivity index (χ1v) is 9.82. The molecular weight excluding hydrogens is 407 g/mol. The Kier molecular flexibility index (Phi) is 6.91. The maximum absolute atomic E-state index is 12.5. The molecule has 3 aromatic rings. The third kappa shape index (κ3) is 5.83. The van der Waals surface area contributed by atoms with Crippen LogP contribution in [0.25, 0.3) is 0 Å². The molecule has 0 saturated heterocycles. The molecule has 148 valence electrons. The molecule has 0 fully saturated rings. The Morgan fingerprint density at radius 2 is 1.48 bits per heavy atom. The molecule has 0 aromatic heterocycles. The van der Waals surface area contributed by atoms with E-state index in [9.17, 15) is 9.59 Å². The minimum absolute atomic E-state index is 0.00685. The zero-order chi connectivity index (χ0) is 20.8. The van der Waals surface area contributed by atoms with Crippen molar-refractivity contribution in [3.63, 3.8) is 0 Å². The van der Waals surface area contributed by atoms with Gasteiger partial charge in [0, 0.05) is 18.4 Å². The van der Waals surface area contributed by atoms with E-state index in [0.717, 1.165) is 16.8 Å². The average molecular weight is 427 g/mol. The molecule has 0 saturated carbocycles. The largest absolute Gasteiger partial charge is 0.326 e. The van der Waals surface area contributed by atoms with Crippen LogP contribution in [-0.4, -0.2) is 18.9 Å². The van der Waals surface area contributed by atoms with Gasteiger partial charge in [0.25, 0.3) is 0 Å². The van der Waals surface area contributed by atoms with Gasteiger partial charge in [0.1, 0.15) is 0 Å². The first-order valence-electron chi connectivity index (χ1n) is 9.06. The molecule has 3 aromatic carbocycles. The number of nitrogens with zero attached hydrogens (tertiary/aromatic N) is 1. The SMILES string of the molecule is CN(C(=O)Cc1ccc(NC(=O)Cc2ccc(Cl)c(Cl)c2)cc1)c1ccccc1. The molecule has 0 radical (unpaired) electrons. The lowest BCUT2D eigenvalue weighted by Crippen LogP contribution is -2.27. The number of rotatable bonds is 6. The van der Waals surface area contributed by atoms with Crippen molar-refractivity contribution in [1.29, 1.82) is 0 Å². The number of halogens is 2. The van der Waals surface area contributed by atoms with Crippen molar-refractivity contribution in [1.82, 2.24) is 0 Å². The monoisotopic (exact) mass is 426 g/mol. The van der Waals surface area contributed by atoms with Gasteiger partial charge >= 0.3 is 0 Å². The Morgan fingerprint density at radius 3 is 2.14 bits per heavy atom. The number of para-hydroxylation sites is 1. The van der Waals surface area contributed by atoms with E-state index in [1.165, 1.54) is 0 Å². The summed E-state index contributed by atoms with van der Waals surface area (Å²) in [5.41, 5.74) is 3.18.